The fourth-order valence-electron chi connectivity index (χ4n) is 2.93. The third-order valence-corrected chi connectivity index (χ3v) is 4.13. The lowest BCUT2D eigenvalue weighted by Crippen LogP contribution is -2.10. The molecule has 0 radical (unpaired) electrons. The number of fused-ring (bicyclic) bond motifs is 1. The second-order valence-electron chi connectivity index (χ2n) is 5.70. The molecule has 1 heterocycles. The molecule has 2 aromatic carbocycles. The van der Waals surface area contributed by atoms with Crippen molar-refractivity contribution in [3.63, 3.8) is 0 Å². The predicted octanol–water partition coefficient (Wildman–Crippen LogP) is 3.94. The molecule has 0 aliphatic heterocycles. The lowest BCUT2D eigenvalue weighted by molar-refractivity contribution is 0.489. The van der Waals surface area contributed by atoms with Crippen LogP contribution < -0.4 is 15.8 Å². The second kappa shape index (κ2) is 6.93. The molecule has 5 heteroatoms. The van der Waals surface area contributed by atoms with Crippen molar-refractivity contribution in [2.24, 2.45) is 0 Å². The van der Waals surface area contributed by atoms with Gasteiger partial charge in [-0.1, -0.05) is 12.1 Å². The summed E-state index contributed by atoms with van der Waals surface area (Å²) in [6, 6.07) is 10.4. The van der Waals surface area contributed by atoms with Crippen molar-refractivity contribution in [2.45, 2.75) is 19.9 Å². The summed E-state index contributed by atoms with van der Waals surface area (Å²) in [5.74, 6) is 0.966. The van der Waals surface area contributed by atoms with Gasteiger partial charge in [0.25, 0.3) is 0 Å². The molecular weight excluding hydrogens is 305 g/mol. The number of hydrogen-bond donors (Lipinski definition) is 2. The molecule has 0 saturated carbocycles. The molecule has 0 amide bonds. The minimum Gasteiger partial charge on any atom is -0.454 e. The van der Waals surface area contributed by atoms with Crippen LogP contribution in [0.15, 0.2) is 42.6 Å². The van der Waals surface area contributed by atoms with Crippen molar-refractivity contribution in [3.05, 3.63) is 54.0 Å². The number of nitrogen functional groups attached to an aromatic ring is 1. The molecule has 3 rings (SSSR count). The van der Waals surface area contributed by atoms with Gasteiger partial charge in [0.1, 0.15) is 17.3 Å². The van der Waals surface area contributed by atoms with E-state index in [1.54, 1.807) is 12.1 Å². The van der Waals surface area contributed by atoms with Crippen molar-refractivity contribution in [2.75, 3.05) is 19.3 Å². The van der Waals surface area contributed by atoms with Gasteiger partial charge in [-0.25, -0.2) is 4.39 Å². The lowest BCUT2D eigenvalue weighted by Gasteiger charge is -2.11. The number of halogens is 1. The summed E-state index contributed by atoms with van der Waals surface area (Å²) in [6.07, 6.45) is 2.80. The van der Waals surface area contributed by atoms with Gasteiger partial charge in [0.15, 0.2) is 0 Å². The lowest BCUT2D eigenvalue weighted by atomic mass is 10.1. The standard InChI is InChI=1S/C19H22FN3O/c1-3-23-12-13(10-11-22-2)18-17(9-8-14(20)19(18)23)24-16-7-5-4-6-15(16)21/h4-9,12,22H,3,10-11,21H2,1-2H3. The van der Waals surface area contributed by atoms with E-state index < -0.39 is 0 Å². The Morgan fingerprint density at radius 3 is 2.67 bits per heavy atom. The highest BCUT2D eigenvalue weighted by Gasteiger charge is 2.17. The number of aryl methyl sites for hydroxylation is 1. The largest absolute Gasteiger partial charge is 0.454 e. The number of nitrogens with zero attached hydrogens (tertiary/aromatic N) is 1. The smallest absolute Gasteiger partial charge is 0.150 e. The summed E-state index contributed by atoms with van der Waals surface area (Å²) >= 11 is 0. The zero-order chi connectivity index (χ0) is 17.1. The number of likely N-dealkylation sites (N-methyl/N-ethyl adjacent to an activating group) is 1. The Morgan fingerprint density at radius 2 is 1.96 bits per heavy atom. The first-order chi connectivity index (χ1) is 11.7. The van der Waals surface area contributed by atoms with E-state index in [0.717, 1.165) is 23.9 Å². The molecule has 0 fully saturated rings. The van der Waals surface area contributed by atoms with Crippen LogP contribution in [0.3, 0.4) is 0 Å². The van der Waals surface area contributed by atoms with Gasteiger partial charge < -0.3 is 20.4 Å². The third kappa shape index (κ3) is 2.95. The van der Waals surface area contributed by atoms with E-state index in [-0.39, 0.29) is 5.82 Å². The number of ether oxygens (including phenoxy) is 1. The van der Waals surface area contributed by atoms with Crippen LogP contribution >= 0.6 is 0 Å². The molecule has 4 nitrogen and oxygen atoms in total. The maximum Gasteiger partial charge on any atom is 0.150 e. The fourth-order valence-corrected chi connectivity index (χ4v) is 2.93. The van der Waals surface area contributed by atoms with Gasteiger partial charge in [0.05, 0.1) is 11.2 Å². The molecule has 3 N–H and O–H groups in total. The van der Waals surface area contributed by atoms with Crippen LogP contribution in [0.4, 0.5) is 10.1 Å². The molecule has 0 unspecified atom stereocenters. The minimum absolute atomic E-state index is 0.240. The normalized spacial score (nSPS) is 11.1. The van der Waals surface area contributed by atoms with Crippen molar-refractivity contribution >= 4 is 16.6 Å². The first-order valence-corrected chi connectivity index (χ1v) is 8.12. The molecule has 126 valence electrons. The number of rotatable bonds is 6. The van der Waals surface area contributed by atoms with Crippen LogP contribution in [-0.2, 0) is 13.0 Å². The Morgan fingerprint density at radius 1 is 1.17 bits per heavy atom. The van der Waals surface area contributed by atoms with Crippen LogP contribution in [-0.4, -0.2) is 18.2 Å². The van der Waals surface area contributed by atoms with Crippen LogP contribution in [0.1, 0.15) is 12.5 Å². The number of hydrogen-bond acceptors (Lipinski definition) is 3. The molecule has 0 aliphatic rings. The maximum atomic E-state index is 14.5. The van der Waals surface area contributed by atoms with Crippen molar-refractivity contribution in [1.82, 2.24) is 9.88 Å². The van der Waals surface area contributed by atoms with Gasteiger partial charge in [-0.2, -0.15) is 0 Å². The number of anilines is 1. The molecule has 0 aliphatic carbocycles. The summed E-state index contributed by atoms with van der Waals surface area (Å²) in [4.78, 5) is 0. The minimum atomic E-state index is -0.240. The highest BCUT2D eigenvalue weighted by Crippen LogP contribution is 2.37. The number of benzene rings is 2. The highest BCUT2D eigenvalue weighted by molar-refractivity contribution is 5.91. The average molecular weight is 327 g/mol. The number of nitrogens with one attached hydrogen (secondary N) is 1. The van der Waals surface area contributed by atoms with E-state index >= 15 is 0 Å². The van der Waals surface area contributed by atoms with E-state index in [2.05, 4.69) is 5.32 Å². The fraction of sp³-hybridized carbons (Fsp3) is 0.263. The number of para-hydroxylation sites is 2. The van der Waals surface area contributed by atoms with Crippen LogP contribution in [0, 0.1) is 5.82 Å². The Labute approximate surface area is 141 Å². The van der Waals surface area contributed by atoms with Crippen LogP contribution in [0.2, 0.25) is 0 Å². The molecular formula is C19H22FN3O. The van der Waals surface area contributed by atoms with E-state index in [0.29, 0.717) is 29.2 Å². The number of nitrogens with two attached hydrogens (primary N) is 1. The Hall–Kier alpha value is -2.53. The summed E-state index contributed by atoms with van der Waals surface area (Å²) in [6.45, 7) is 3.51. The van der Waals surface area contributed by atoms with Crippen LogP contribution in [0.25, 0.3) is 10.9 Å². The molecule has 1 aromatic heterocycles. The summed E-state index contributed by atoms with van der Waals surface area (Å²) in [7, 11) is 1.90. The van der Waals surface area contributed by atoms with Gasteiger partial charge in [-0.05, 0) is 56.8 Å². The molecule has 24 heavy (non-hydrogen) atoms. The molecule has 0 bridgehead atoms. The zero-order valence-corrected chi connectivity index (χ0v) is 14.0. The monoisotopic (exact) mass is 327 g/mol. The molecule has 3 aromatic rings. The maximum absolute atomic E-state index is 14.5. The summed E-state index contributed by atoms with van der Waals surface area (Å²) < 4.78 is 22.4. The predicted molar refractivity (Wildman–Crippen MR) is 96.1 cm³/mol. The SMILES string of the molecule is CCn1cc(CCNC)c2c(Oc3ccccc3N)ccc(F)c21. The molecule has 0 spiro atoms. The topological polar surface area (TPSA) is 52.2 Å². The van der Waals surface area contributed by atoms with Crippen molar-refractivity contribution < 1.29 is 9.13 Å². The third-order valence-electron chi connectivity index (χ3n) is 4.13. The van der Waals surface area contributed by atoms with Crippen molar-refractivity contribution in [3.8, 4) is 11.5 Å². The van der Waals surface area contributed by atoms with Gasteiger partial charge >= 0.3 is 0 Å². The first kappa shape index (κ1) is 16.3. The van der Waals surface area contributed by atoms with E-state index in [1.165, 1.54) is 6.07 Å². The Kier molecular flexibility index (Phi) is 4.71. The van der Waals surface area contributed by atoms with Gasteiger partial charge in [-0.15, -0.1) is 0 Å². The first-order valence-electron chi connectivity index (χ1n) is 8.12. The summed E-state index contributed by atoms with van der Waals surface area (Å²) in [5.41, 5.74) is 8.17. The Bertz CT molecular complexity index is 857. The van der Waals surface area contributed by atoms with E-state index in [4.69, 9.17) is 10.5 Å². The highest BCUT2D eigenvalue weighted by atomic mass is 19.1. The second-order valence-corrected chi connectivity index (χ2v) is 5.70. The van der Waals surface area contributed by atoms with E-state index in [9.17, 15) is 4.39 Å². The van der Waals surface area contributed by atoms with Crippen LogP contribution in [0.5, 0.6) is 11.5 Å². The van der Waals surface area contributed by atoms with Gasteiger partial charge in [0.2, 0.25) is 0 Å². The average Bonchev–Trinajstić information content (AvgIpc) is 2.97. The quantitative estimate of drug-likeness (QED) is 0.674. The number of aromatic nitrogens is 1. The van der Waals surface area contributed by atoms with Gasteiger partial charge in [0, 0.05) is 18.1 Å². The summed E-state index contributed by atoms with van der Waals surface area (Å²) in [5, 5.41) is 3.95. The zero-order valence-electron chi connectivity index (χ0n) is 14.0. The molecule has 0 atom stereocenters. The van der Waals surface area contributed by atoms with E-state index in [1.807, 2.05) is 42.9 Å². The van der Waals surface area contributed by atoms with Crippen molar-refractivity contribution in [1.29, 1.82) is 0 Å². The van der Waals surface area contributed by atoms with Gasteiger partial charge in [-0.3, -0.25) is 0 Å². The Balaban J connectivity index is 2.15. The molecule has 0 saturated heterocycles.